The molecule has 3 aromatic rings. The topological polar surface area (TPSA) is 145 Å². The van der Waals surface area contributed by atoms with Gasteiger partial charge in [-0.3, -0.25) is 14.3 Å². The van der Waals surface area contributed by atoms with Crippen molar-refractivity contribution in [2.24, 2.45) is 0 Å². The van der Waals surface area contributed by atoms with E-state index in [1.807, 2.05) is 0 Å². The SMILES string of the molecule is Nc1nc2c(ncn2[C@H]2C[C@H](OC(=O)c3ccccc3)[C@@H](CO)O2)c(=O)[nH]1. The van der Waals surface area contributed by atoms with E-state index in [2.05, 4.69) is 15.0 Å². The van der Waals surface area contributed by atoms with Gasteiger partial charge in [0.05, 0.1) is 18.5 Å². The highest BCUT2D eigenvalue weighted by Crippen LogP contribution is 2.32. The Bertz CT molecular complexity index is 1030. The number of carbonyl (C=O) groups excluding carboxylic acids is 1. The van der Waals surface area contributed by atoms with Gasteiger partial charge in [0.1, 0.15) is 18.4 Å². The number of rotatable bonds is 4. The van der Waals surface area contributed by atoms with Gasteiger partial charge in [0, 0.05) is 6.42 Å². The number of H-pyrrole nitrogens is 1. The van der Waals surface area contributed by atoms with E-state index in [9.17, 15) is 14.7 Å². The average molecular weight is 371 g/mol. The number of fused-ring (bicyclic) bond motifs is 1. The summed E-state index contributed by atoms with van der Waals surface area (Å²) in [4.78, 5) is 34.7. The number of aromatic nitrogens is 4. The lowest BCUT2D eigenvalue weighted by Gasteiger charge is -2.16. The van der Waals surface area contributed by atoms with Gasteiger partial charge in [0.25, 0.3) is 5.56 Å². The molecule has 0 bridgehead atoms. The van der Waals surface area contributed by atoms with Crippen LogP contribution >= 0.6 is 0 Å². The zero-order valence-electron chi connectivity index (χ0n) is 14.1. The second kappa shape index (κ2) is 6.82. The Labute approximate surface area is 152 Å². The number of nitrogens with two attached hydrogens (primary N) is 1. The van der Waals surface area contributed by atoms with Gasteiger partial charge in [-0.2, -0.15) is 4.98 Å². The summed E-state index contributed by atoms with van der Waals surface area (Å²) >= 11 is 0. The molecule has 0 radical (unpaired) electrons. The molecule has 1 fully saturated rings. The highest BCUT2D eigenvalue weighted by Gasteiger charge is 2.39. The van der Waals surface area contributed by atoms with Crippen LogP contribution in [-0.2, 0) is 9.47 Å². The predicted octanol–water partition coefficient (Wildman–Crippen LogP) is 0.207. The number of esters is 1. The number of imidazole rings is 1. The first-order chi connectivity index (χ1) is 13.1. The lowest BCUT2D eigenvalue weighted by atomic mass is 10.1. The Hall–Kier alpha value is -3.24. The van der Waals surface area contributed by atoms with Crippen LogP contribution in [0.1, 0.15) is 23.0 Å². The largest absolute Gasteiger partial charge is 0.456 e. The first-order valence-electron chi connectivity index (χ1n) is 8.31. The van der Waals surface area contributed by atoms with Crippen LogP contribution in [0.2, 0.25) is 0 Å². The minimum atomic E-state index is -0.709. The minimum Gasteiger partial charge on any atom is -0.456 e. The monoisotopic (exact) mass is 371 g/mol. The molecule has 27 heavy (non-hydrogen) atoms. The molecule has 140 valence electrons. The second-order valence-corrected chi connectivity index (χ2v) is 6.13. The zero-order chi connectivity index (χ0) is 19.0. The molecule has 3 heterocycles. The molecule has 10 nitrogen and oxygen atoms in total. The predicted molar refractivity (Wildman–Crippen MR) is 93.8 cm³/mol. The summed E-state index contributed by atoms with van der Waals surface area (Å²) in [6.45, 7) is -0.327. The van der Waals surface area contributed by atoms with Gasteiger partial charge in [0.2, 0.25) is 5.95 Å². The number of hydrogen-bond acceptors (Lipinski definition) is 8. The Morgan fingerprint density at radius 1 is 1.41 bits per heavy atom. The van der Waals surface area contributed by atoms with Gasteiger partial charge in [-0.25, -0.2) is 9.78 Å². The van der Waals surface area contributed by atoms with E-state index in [-0.39, 0.29) is 30.1 Å². The third-order valence-corrected chi connectivity index (χ3v) is 4.39. The van der Waals surface area contributed by atoms with Crippen molar-refractivity contribution in [3.8, 4) is 0 Å². The molecule has 1 aliphatic rings. The maximum atomic E-state index is 12.3. The molecule has 2 aromatic heterocycles. The number of nitrogen functional groups attached to an aromatic ring is 1. The highest BCUT2D eigenvalue weighted by molar-refractivity contribution is 5.89. The number of ether oxygens (including phenoxy) is 2. The van der Waals surface area contributed by atoms with Crippen LogP contribution in [0.15, 0.2) is 41.5 Å². The number of aromatic amines is 1. The summed E-state index contributed by atoms with van der Waals surface area (Å²) in [6, 6.07) is 8.56. The van der Waals surface area contributed by atoms with Crippen molar-refractivity contribution in [2.75, 3.05) is 12.3 Å². The molecule has 4 N–H and O–H groups in total. The molecular formula is C17H17N5O5. The zero-order valence-corrected chi connectivity index (χ0v) is 14.1. The maximum Gasteiger partial charge on any atom is 0.338 e. The lowest BCUT2D eigenvalue weighted by molar-refractivity contribution is -0.0500. The van der Waals surface area contributed by atoms with Crippen LogP contribution < -0.4 is 11.3 Å². The Morgan fingerprint density at radius 2 is 2.19 bits per heavy atom. The molecule has 0 spiro atoms. The minimum absolute atomic E-state index is 0.0435. The molecule has 0 unspecified atom stereocenters. The number of carbonyl (C=O) groups is 1. The van der Waals surface area contributed by atoms with E-state index >= 15 is 0 Å². The van der Waals surface area contributed by atoms with Crippen molar-refractivity contribution in [1.82, 2.24) is 19.5 Å². The molecule has 3 atom stereocenters. The van der Waals surface area contributed by atoms with Crippen LogP contribution in [0.5, 0.6) is 0 Å². The van der Waals surface area contributed by atoms with Crippen molar-refractivity contribution in [3.63, 3.8) is 0 Å². The smallest absolute Gasteiger partial charge is 0.338 e. The molecule has 10 heteroatoms. The van der Waals surface area contributed by atoms with E-state index in [1.54, 1.807) is 34.9 Å². The van der Waals surface area contributed by atoms with Gasteiger partial charge >= 0.3 is 5.97 Å². The van der Waals surface area contributed by atoms with Crippen LogP contribution in [0.4, 0.5) is 5.95 Å². The van der Waals surface area contributed by atoms with Crippen molar-refractivity contribution in [1.29, 1.82) is 0 Å². The van der Waals surface area contributed by atoms with Crippen molar-refractivity contribution < 1.29 is 19.4 Å². The third-order valence-electron chi connectivity index (χ3n) is 4.39. The molecule has 1 aromatic carbocycles. The molecule has 0 amide bonds. The molecule has 1 saturated heterocycles. The maximum absolute atomic E-state index is 12.3. The second-order valence-electron chi connectivity index (χ2n) is 6.13. The lowest BCUT2D eigenvalue weighted by Crippen LogP contribution is -2.30. The Morgan fingerprint density at radius 3 is 2.93 bits per heavy atom. The fourth-order valence-corrected chi connectivity index (χ4v) is 3.09. The van der Waals surface area contributed by atoms with Crippen LogP contribution in [0.25, 0.3) is 11.2 Å². The summed E-state index contributed by atoms with van der Waals surface area (Å²) in [6.07, 6.45) is -0.311. The van der Waals surface area contributed by atoms with E-state index in [0.717, 1.165) is 0 Å². The summed E-state index contributed by atoms with van der Waals surface area (Å²) in [7, 11) is 0. The molecule has 1 aliphatic heterocycles. The molecule has 0 saturated carbocycles. The van der Waals surface area contributed by atoms with Gasteiger partial charge in [-0.05, 0) is 12.1 Å². The highest BCUT2D eigenvalue weighted by atomic mass is 16.6. The average Bonchev–Trinajstić information content (AvgIpc) is 3.26. The van der Waals surface area contributed by atoms with E-state index in [4.69, 9.17) is 15.2 Å². The first-order valence-corrected chi connectivity index (χ1v) is 8.31. The summed E-state index contributed by atoms with van der Waals surface area (Å²) in [5.41, 5.74) is 5.94. The van der Waals surface area contributed by atoms with Gasteiger partial charge in [-0.1, -0.05) is 18.2 Å². The van der Waals surface area contributed by atoms with E-state index in [1.165, 1.54) is 6.33 Å². The molecular weight excluding hydrogens is 354 g/mol. The Balaban J connectivity index is 1.58. The summed E-state index contributed by atoms with van der Waals surface area (Å²) < 4.78 is 12.9. The summed E-state index contributed by atoms with van der Waals surface area (Å²) in [5, 5.41) is 9.60. The van der Waals surface area contributed by atoms with Crippen molar-refractivity contribution in [2.45, 2.75) is 24.9 Å². The van der Waals surface area contributed by atoms with Crippen LogP contribution in [0.3, 0.4) is 0 Å². The number of aliphatic hydroxyl groups excluding tert-OH is 1. The van der Waals surface area contributed by atoms with Crippen LogP contribution in [0, 0.1) is 0 Å². The number of nitrogens with zero attached hydrogens (tertiary/aromatic N) is 3. The number of nitrogens with one attached hydrogen (secondary N) is 1. The van der Waals surface area contributed by atoms with Gasteiger partial charge in [-0.15, -0.1) is 0 Å². The fourth-order valence-electron chi connectivity index (χ4n) is 3.09. The molecule has 4 rings (SSSR count). The van der Waals surface area contributed by atoms with Crippen LogP contribution in [-0.4, -0.2) is 49.4 Å². The number of aliphatic hydroxyl groups is 1. The number of hydrogen-bond donors (Lipinski definition) is 3. The van der Waals surface area contributed by atoms with Crippen molar-refractivity contribution >= 4 is 23.1 Å². The quantitative estimate of drug-likeness (QED) is 0.552. The van der Waals surface area contributed by atoms with Gasteiger partial charge in [0.15, 0.2) is 11.2 Å². The Kier molecular flexibility index (Phi) is 4.34. The standard InChI is InChI=1S/C17H17N5O5/c18-17-20-14-13(15(24)21-17)19-8-22(14)12-6-10(11(7-23)26-12)27-16(25)9-4-2-1-3-5-9/h1-5,8,10-12,23H,6-7H2,(H3,18,20,21,24)/t10-,11+,12+/m0/s1. The van der Waals surface area contributed by atoms with E-state index < -0.39 is 30.0 Å². The van der Waals surface area contributed by atoms with Gasteiger partial charge < -0.3 is 20.3 Å². The fraction of sp³-hybridized carbons (Fsp3) is 0.294. The van der Waals surface area contributed by atoms with E-state index in [0.29, 0.717) is 5.56 Å². The van der Waals surface area contributed by atoms with Crippen molar-refractivity contribution in [3.05, 3.63) is 52.6 Å². The summed E-state index contributed by atoms with van der Waals surface area (Å²) in [5.74, 6) is -0.546. The first kappa shape index (κ1) is 17.2. The molecule has 0 aliphatic carbocycles. The normalized spacial score (nSPS) is 22.2. The third kappa shape index (κ3) is 3.15. The number of anilines is 1. The number of benzene rings is 1.